The van der Waals surface area contributed by atoms with Crippen molar-refractivity contribution in [1.82, 2.24) is 0 Å². The molecule has 4 nitrogen and oxygen atoms in total. The fraction of sp³-hybridized carbons (Fsp3) is 0.200. The highest BCUT2D eigenvalue weighted by atomic mass is 79.9. The van der Waals surface area contributed by atoms with Gasteiger partial charge in [0.1, 0.15) is 0 Å². The normalized spacial score (nSPS) is 11.4. The zero-order chi connectivity index (χ0) is 15.5. The van der Waals surface area contributed by atoms with Crippen LogP contribution in [0.25, 0.3) is 0 Å². The molecule has 0 fully saturated rings. The second kappa shape index (κ2) is 6.60. The van der Waals surface area contributed by atoms with Crippen LogP contribution in [0, 0.1) is 0 Å². The largest absolute Gasteiger partial charge is 0.380 e. The summed E-state index contributed by atoms with van der Waals surface area (Å²) in [6.07, 6.45) is 0.976. The van der Waals surface area contributed by atoms with Crippen molar-refractivity contribution in [1.29, 1.82) is 0 Å². The first-order valence-electron chi connectivity index (χ1n) is 6.55. The number of hydrogen-bond acceptors (Lipinski definition) is 3. The van der Waals surface area contributed by atoms with Gasteiger partial charge in [0, 0.05) is 16.7 Å². The Balaban J connectivity index is 2.17. The monoisotopic (exact) mass is 368 g/mol. The quantitative estimate of drug-likeness (QED) is 0.850. The van der Waals surface area contributed by atoms with Gasteiger partial charge in [0.25, 0.3) is 0 Å². The van der Waals surface area contributed by atoms with Gasteiger partial charge in [-0.3, -0.25) is 0 Å². The topological polar surface area (TPSA) is 72.2 Å². The Labute approximate surface area is 133 Å². The van der Waals surface area contributed by atoms with Crippen molar-refractivity contribution in [3.05, 3.63) is 58.1 Å². The lowest BCUT2D eigenvalue weighted by molar-refractivity contribution is 0.598. The summed E-state index contributed by atoms with van der Waals surface area (Å²) in [6.45, 7) is 2.80. The summed E-state index contributed by atoms with van der Waals surface area (Å²) in [5.41, 5.74) is 3.35. The lowest BCUT2D eigenvalue weighted by Gasteiger charge is -2.12. The smallest absolute Gasteiger partial charge is 0.238 e. The minimum atomic E-state index is -3.68. The van der Waals surface area contributed by atoms with Crippen molar-refractivity contribution < 1.29 is 8.42 Å². The van der Waals surface area contributed by atoms with Gasteiger partial charge in [-0.25, -0.2) is 13.6 Å². The van der Waals surface area contributed by atoms with Crippen LogP contribution in [-0.4, -0.2) is 8.42 Å². The van der Waals surface area contributed by atoms with E-state index in [2.05, 4.69) is 40.3 Å². The van der Waals surface area contributed by atoms with Gasteiger partial charge in [-0.15, -0.1) is 0 Å². The number of benzene rings is 2. The molecule has 0 aliphatic carbocycles. The highest BCUT2D eigenvalue weighted by molar-refractivity contribution is 9.10. The van der Waals surface area contributed by atoms with E-state index in [1.165, 1.54) is 23.3 Å². The molecule has 112 valence electrons. The molecule has 2 aromatic rings. The average Bonchev–Trinajstić information content (AvgIpc) is 2.45. The Morgan fingerprint density at radius 2 is 1.81 bits per heavy atom. The van der Waals surface area contributed by atoms with E-state index in [9.17, 15) is 8.42 Å². The fourth-order valence-corrected chi connectivity index (χ4v) is 3.29. The lowest BCUT2D eigenvalue weighted by Crippen LogP contribution is -2.12. The molecular weight excluding hydrogens is 352 g/mol. The number of rotatable bonds is 5. The summed E-state index contributed by atoms with van der Waals surface area (Å²) >= 11 is 3.37. The summed E-state index contributed by atoms with van der Waals surface area (Å²) in [5, 5.41) is 8.41. The molecule has 3 N–H and O–H groups in total. The second-order valence-electron chi connectivity index (χ2n) is 4.66. The molecule has 0 unspecified atom stereocenters. The van der Waals surface area contributed by atoms with Crippen molar-refractivity contribution in [2.24, 2.45) is 5.14 Å². The molecule has 21 heavy (non-hydrogen) atoms. The number of hydrogen-bond donors (Lipinski definition) is 2. The molecule has 0 heterocycles. The van der Waals surface area contributed by atoms with Crippen LogP contribution in [0.15, 0.2) is 51.8 Å². The maximum Gasteiger partial charge on any atom is 0.238 e. The number of aryl methyl sites for hydroxylation is 1. The first-order valence-corrected chi connectivity index (χ1v) is 8.88. The Bertz CT molecular complexity index is 745. The third-order valence-electron chi connectivity index (χ3n) is 3.24. The number of nitrogens with one attached hydrogen (secondary N) is 1. The Hall–Kier alpha value is -1.37. The third-order valence-corrected chi connectivity index (χ3v) is 4.80. The number of primary sulfonamides is 1. The van der Waals surface area contributed by atoms with Crippen LogP contribution in [0.5, 0.6) is 0 Å². The highest BCUT2D eigenvalue weighted by Crippen LogP contribution is 2.26. The molecule has 0 saturated carbocycles. The summed E-state index contributed by atoms with van der Waals surface area (Å²) in [6, 6.07) is 12.9. The first kappa shape index (κ1) is 16.0. The highest BCUT2D eigenvalue weighted by Gasteiger charge is 2.10. The SMILES string of the molecule is CCc1ccccc1CNc1ccc(S(N)(=O)=O)cc1Br. The van der Waals surface area contributed by atoms with Gasteiger partial charge >= 0.3 is 0 Å². The molecule has 0 amide bonds. The van der Waals surface area contributed by atoms with Crippen LogP contribution < -0.4 is 10.5 Å². The number of halogens is 1. The van der Waals surface area contributed by atoms with Gasteiger partial charge in [-0.1, -0.05) is 31.2 Å². The average molecular weight is 369 g/mol. The molecular formula is C15H17BrN2O2S. The zero-order valence-corrected chi connectivity index (χ0v) is 14.0. The molecule has 2 rings (SSSR count). The second-order valence-corrected chi connectivity index (χ2v) is 7.08. The third kappa shape index (κ3) is 4.06. The predicted molar refractivity (Wildman–Crippen MR) is 88.7 cm³/mol. The fourth-order valence-electron chi connectivity index (χ4n) is 2.08. The van der Waals surface area contributed by atoms with Crippen LogP contribution in [0.2, 0.25) is 0 Å². The maximum atomic E-state index is 11.3. The molecule has 2 aromatic carbocycles. The van der Waals surface area contributed by atoms with Gasteiger partial charge in [-0.05, 0) is 51.7 Å². The number of sulfonamides is 1. The van der Waals surface area contributed by atoms with Gasteiger partial charge in [-0.2, -0.15) is 0 Å². The molecule has 6 heteroatoms. The summed E-state index contributed by atoms with van der Waals surface area (Å²) in [5.74, 6) is 0. The van der Waals surface area contributed by atoms with E-state index in [1.54, 1.807) is 6.07 Å². The maximum absolute atomic E-state index is 11.3. The molecule has 0 atom stereocenters. The van der Waals surface area contributed by atoms with Gasteiger partial charge < -0.3 is 5.32 Å². The molecule has 0 saturated heterocycles. The molecule has 0 aliphatic heterocycles. The molecule has 0 aliphatic rings. The molecule has 0 spiro atoms. The van der Waals surface area contributed by atoms with Crippen molar-refractivity contribution in [3.8, 4) is 0 Å². The van der Waals surface area contributed by atoms with Crippen LogP contribution in [0.1, 0.15) is 18.1 Å². The minimum Gasteiger partial charge on any atom is -0.380 e. The minimum absolute atomic E-state index is 0.0916. The number of nitrogens with two attached hydrogens (primary N) is 1. The Kier molecular flexibility index (Phi) is 5.03. The van der Waals surface area contributed by atoms with Crippen molar-refractivity contribution in [2.45, 2.75) is 24.8 Å². The van der Waals surface area contributed by atoms with E-state index < -0.39 is 10.0 Å². The van der Waals surface area contributed by atoms with Crippen molar-refractivity contribution in [3.63, 3.8) is 0 Å². The molecule has 0 aromatic heterocycles. The standard InChI is InChI=1S/C15H17BrN2O2S/c1-2-11-5-3-4-6-12(11)10-18-15-8-7-13(9-14(15)16)21(17,19)20/h3-9,18H,2,10H2,1H3,(H2,17,19,20). The first-order chi connectivity index (χ1) is 9.91. The van der Waals surface area contributed by atoms with Crippen molar-refractivity contribution in [2.75, 3.05) is 5.32 Å². The predicted octanol–water partition coefficient (Wildman–Crippen LogP) is 3.27. The molecule has 0 radical (unpaired) electrons. The van der Waals surface area contributed by atoms with Gasteiger partial charge in [0.15, 0.2) is 0 Å². The van der Waals surface area contributed by atoms with E-state index in [1.807, 2.05) is 12.1 Å². The Morgan fingerprint density at radius 1 is 1.14 bits per heavy atom. The van der Waals surface area contributed by atoms with E-state index in [0.717, 1.165) is 12.1 Å². The van der Waals surface area contributed by atoms with Crippen LogP contribution >= 0.6 is 15.9 Å². The number of anilines is 1. The summed E-state index contributed by atoms with van der Waals surface area (Å²) < 4.78 is 23.3. The Morgan fingerprint density at radius 3 is 2.38 bits per heavy atom. The summed E-state index contributed by atoms with van der Waals surface area (Å²) in [7, 11) is -3.68. The van der Waals surface area contributed by atoms with E-state index >= 15 is 0 Å². The summed E-state index contributed by atoms with van der Waals surface area (Å²) in [4.78, 5) is 0.0916. The zero-order valence-electron chi connectivity index (χ0n) is 11.6. The van der Waals surface area contributed by atoms with E-state index in [-0.39, 0.29) is 4.90 Å². The van der Waals surface area contributed by atoms with Crippen LogP contribution in [-0.2, 0) is 23.0 Å². The lowest BCUT2D eigenvalue weighted by atomic mass is 10.1. The van der Waals surface area contributed by atoms with E-state index in [4.69, 9.17) is 5.14 Å². The molecule has 0 bridgehead atoms. The van der Waals surface area contributed by atoms with E-state index in [0.29, 0.717) is 11.0 Å². The van der Waals surface area contributed by atoms with Crippen LogP contribution in [0.3, 0.4) is 0 Å². The van der Waals surface area contributed by atoms with Crippen molar-refractivity contribution >= 4 is 31.6 Å². The van der Waals surface area contributed by atoms with Gasteiger partial charge in [0.05, 0.1) is 4.90 Å². The van der Waals surface area contributed by atoms with Gasteiger partial charge in [0.2, 0.25) is 10.0 Å². The van der Waals surface area contributed by atoms with Crippen LogP contribution in [0.4, 0.5) is 5.69 Å².